The number of fused-ring (bicyclic) bond motifs is 21. The minimum Gasteiger partial charge on any atom is -0.455 e. The first kappa shape index (κ1) is 40.1. The van der Waals surface area contributed by atoms with Crippen LogP contribution in [0.5, 0.6) is 0 Å². The van der Waals surface area contributed by atoms with Crippen molar-refractivity contribution in [3.8, 4) is 22.3 Å². The van der Waals surface area contributed by atoms with Crippen molar-refractivity contribution >= 4 is 99.5 Å². The van der Waals surface area contributed by atoms with E-state index in [1.807, 2.05) is 0 Å². The molecule has 2 heterocycles. The van der Waals surface area contributed by atoms with Crippen LogP contribution in [0, 0.1) is 0 Å². The SMILES string of the molecule is c1ccc(N(c2ccccc2)c2cc3c(c4c2ccc2c5ccccc5oc24)-c2cc4c(cc2C32c3ccccc3-c3ccccc32)cc(N(c2ccccc2)c2ccccc2)c2oc3ccccc3c24)cc1. The summed E-state index contributed by atoms with van der Waals surface area (Å²) in [7, 11) is 0. The van der Waals surface area contributed by atoms with Crippen molar-refractivity contribution in [2.75, 3.05) is 9.80 Å². The summed E-state index contributed by atoms with van der Waals surface area (Å²) in [5, 5.41) is 8.84. The van der Waals surface area contributed by atoms with Crippen LogP contribution in [0.4, 0.5) is 34.1 Å². The first-order valence-electron chi connectivity index (χ1n) is 25.1. The van der Waals surface area contributed by atoms with Gasteiger partial charge in [0.15, 0.2) is 5.58 Å². The zero-order chi connectivity index (χ0) is 47.8. The number of anilines is 6. The zero-order valence-corrected chi connectivity index (χ0v) is 39.5. The van der Waals surface area contributed by atoms with E-state index in [-0.39, 0.29) is 0 Å². The third kappa shape index (κ3) is 5.49. The molecule has 0 fully saturated rings. The molecule has 14 aromatic rings. The Labute approximate surface area is 420 Å². The molecule has 2 aliphatic carbocycles. The Kier molecular flexibility index (Phi) is 8.35. The minimum absolute atomic E-state index is 0.714. The van der Waals surface area contributed by atoms with Crippen molar-refractivity contribution in [1.29, 1.82) is 0 Å². The van der Waals surface area contributed by atoms with E-state index in [1.165, 1.54) is 44.5 Å². The van der Waals surface area contributed by atoms with E-state index in [9.17, 15) is 0 Å². The Morgan fingerprint density at radius 3 is 1.37 bits per heavy atom. The Morgan fingerprint density at radius 1 is 0.288 bits per heavy atom. The summed E-state index contributed by atoms with van der Waals surface area (Å²) in [6, 6.07) is 92.7. The van der Waals surface area contributed by atoms with Gasteiger partial charge in [-0.2, -0.15) is 0 Å². The van der Waals surface area contributed by atoms with Gasteiger partial charge >= 0.3 is 0 Å². The monoisotopic (exact) mass is 930 g/mol. The van der Waals surface area contributed by atoms with Gasteiger partial charge in [-0.15, -0.1) is 0 Å². The number of hydrogen-bond acceptors (Lipinski definition) is 4. The highest BCUT2D eigenvalue weighted by Gasteiger charge is 2.53. The Bertz CT molecular complexity index is 4430. The molecule has 0 saturated heterocycles. The van der Waals surface area contributed by atoms with Gasteiger partial charge in [-0.05, 0) is 146 Å². The zero-order valence-electron chi connectivity index (χ0n) is 39.5. The van der Waals surface area contributed by atoms with Gasteiger partial charge in [-0.3, -0.25) is 0 Å². The second kappa shape index (κ2) is 15.2. The Balaban J connectivity index is 1.12. The van der Waals surface area contributed by atoms with E-state index in [2.05, 4.69) is 265 Å². The van der Waals surface area contributed by atoms with Gasteiger partial charge in [-0.25, -0.2) is 0 Å². The van der Waals surface area contributed by atoms with E-state index < -0.39 is 5.41 Å². The first-order valence-corrected chi connectivity index (χ1v) is 25.1. The molecule has 4 heteroatoms. The van der Waals surface area contributed by atoms with Gasteiger partial charge in [0, 0.05) is 55.1 Å². The number of nitrogens with zero attached hydrogens (tertiary/aromatic N) is 2. The number of furan rings is 2. The second-order valence-corrected chi connectivity index (χ2v) is 19.5. The van der Waals surface area contributed by atoms with Gasteiger partial charge in [0.25, 0.3) is 0 Å². The Morgan fingerprint density at radius 2 is 0.767 bits per heavy atom. The van der Waals surface area contributed by atoms with Crippen molar-refractivity contribution < 1.29 is 8.83 Å². The molecule has 2 aromatic heterocycles. The summed E-state index contributed by atoms with van der Waals surface area (Å²) >= 11 is 0. The molecule has 4 nitrogen and oxygen atoms in total. The van der Waals surface area contributed by atoms with Crippen LogP contribution in [-0.4, -0.2) is 0 Å². The van der Waals surface area contributed by atoms with Crippen LogP contribution in [0.1, 0.15) is 22.3 Å². The number of para-hydroxylation sites is 6. The summed E-state index contributed by atoms with van der Waals surface area (Å²) in [6.07, 6.45) is 0. The van der Waals surface area contributed by atoms with Crippen molar-refractivity contribution in [1.82, 2.24) is 0 Å². The normalized spacial score (nSPS) is 13.0. The molecule has 2 aliphatic rings. The van der Waals surface area contributed by atoms with Crippen molar-refractivity contribution in [2.45, 2.75) is 5.41 Å². The molecule has 0 bridgehead atoms. The maximum atomic E-state index is 7.23. The summed E-state index contributed by atoms with van der Waals surface area (Å²) in [5.41, 5.74) is 18.9. The number of rotatable bonds is 6. The maximum Gasteiger partial charge on any atom is 0.160 e. The molecule has 0 N–H and O–H groups in total. The van der Waals surface area contributed by atoms with E-state index in [0.717, 1.165) is 99.5 Å². The maximum absolute atomic E-state index is 7.23. The smallest absolute Gasteiger partial charge is 0.160 e. The first-order chi connectivity index (χ1) is 36.2. The lowest BCUT2D eigenvalue weighted by Crippen LogP contribution is -2.26. The third-order valence-corrected chi connectivity index (χ3v) is 15.8. The molecular weight excluding hydrogens is 889 g/mol. The summed E-state index contributed by atoms with van der Waals surface area (Å²) in [5.74, 6) is 0. The molecular formula is C69H42N2O2. The van der Waals surface area contributed by atoms with Crippen LogP contribution < -0.4 is 9.80 Å². The molecule has 1 spiro atoms. The van der Waals surface area contributed by atoms with Crippen LogP contribution in [0.25, 0.3) is 87.7 Å². The molecule has 12 aromatic carbocycles. The van der Waals surface area contributed by atoms with Crippen molar-refractivity contribution in [2.24, 2.45) is 0 Å². The number of benzene rings is 12. The fourth-order valence-corrected chi connectivity index (χ4v) is 12.9. The summed E-state index contributed by atoms with van der Waals surface area (Å²) < 4.78 is 14.3. The predicted octanol–water partition coefficient (Wildman–Crippen LogP) is 19.1. The van der Waals surface area contributed by atoms with Gasteiger partial charge in [-0.1, -0.05) is 164 Å². The highest BCUT2D eigenvalue weighted by atomic mass is 16.3. The largest absolute Gasteiger partial charge is 0.455 e. The van der Waals surface area contributed by atoms with Crippen LogP contribution in [0.15, 0.2) is 264 Å². The van der Waals surface area contributed by atoms with Crippen molar-refractivity contribution in [3.05, 3.63) is 277 Å². The van der Waals surface area contributed by atoms with Crippen LogP contribution in [0.2, 0.25) is 0 Å². The lowest BCUT2D eigenvalue weighted by Gasteiger charge is -2.33. The minimum atomic E-state index is -0.714. The predicted molar refractivity (Wildman–Crippen MR) is 302 cm³/mol. The highest BCUT2D eigenvalue weighted by molar-refractivity contribution is 6.27. The van der Waals surface area contributed by atoms with Gasteiger partial charge in [0.2, 0.25) is 0 Å². The Hall–Kier alpha value is -9.64. The summed E-state index contributed by atoms with van der Waals surface area (Å²) in [6.45, 7) is 0. The fraction of sp³-hybridized carbons (Fsp3) is 0.0145. The van der Waals surface area contributed by atoms with E-state index >= 15 is 0 Å². The third-order valence-electron chi connectivity index (χ3n) is 15.8. The average Bonchev–Trinajstić information content (AvgIpc) is 4.30. The molecule has 0 saturated carbocycles. The molecule has 0 atom stereocenters. The van der Waals surface area contributed by atoms with Crippen LogP contribution in [-0.2, 0) is 5.41 Å². The standard InChI is InChI=1S/C69H42N2O2/c1-5-21-44(22-6-1)70(45-23-7-2-8-24-45)60-42-59-65(66-52(60)38-37-51-50-31-15-19-35-62(50)72-67(51)66)55-41-54-43(39-58(55)69(59)56-33-17-13-29-48(56)49-30-14-18-34-57(49)69)40-61(68-64(54)53-32-16-20-36-63(53)73-68)71(46-25-9-3-10-26-46)47-27-11-4-12-28-47/h1-42H. The molecule has 0 radical (unpaired) electrons. The molecule has 0 aliphatic heterocycles. The summed E-state index contributed by atoms with van der Waals surface area (Å²) in [4.78, 5) is 4.79. The van der Waals surface area contributed by atoms with E-state index in [1.54, 1.807) is 0 Å². The van der Waals surface area contributed by atoms with E-state index in [0.29, 0.717) is 0 Å². The molecule has 73 heavy (non-hydrogen) atoms. The quantitative estimate of drug-likeness (QED) is 0.166. The topological polar surface area (TPSA) is 32.8 Å². The van der Waals surface area contributed by atoms with Gasteiger partial charge < -0.3 is 18.6 Å². The molecule has 0 unspecified atom stereocenters. The van der Waals surface area contributed by atoms with Gasteiger partial charge in [0.05, 0.1) is 16.8 Å². The molecule has 0 amide bonds. The van der Waals surface area contributed by atoms with Crippen LogP contribution in [0.3, 0.4) is 0 Å². The molecule has 340 valence electrons. The number of hydrogen-bond donors (Lipinski definition) is 0. The fourth-order valence-electron chi connectivity index (χ4n) is 12.9. The van der Waals surface area contributed by atoms with Crippen LogP contribution >= 0.6 is 0 Å². The lowest BCUT2D eigenvalue weighted by atomic mass is 9.70. The highest BCUT2D eigenvalue weighted by Crippen LogP contribution is 2.66. The van der Waals surface area contributed by atoms with Crippen molar-refractivity contribution in [3.63, 3.8) is 0 Å². The molecule has 16 rings (SSSR count). The average molecular weight is 931 g/mol. The van der Waals surface area contributed by atoms with E-state index in [4.69, 9.17) is 8.83 Å². The second-order valence-electron chi connectivity index (χ2n) is 19.5. The lowest BCUT2D eigenvalue weighted by molar-refractivity contribution is 0.669. The van der Waals surface area contributed by atoms with Gasteiger partial charge in [0.1, 0.15) is 16.7 Å².